The fourth-order valence-electron chi connectivity index (χ4n) is 4.14. The highest BCUT2D eigenvalue weighted by Crippen LogP contribution is 2.41. The number of rotatable bonds is 11. The van der Waals surface area contributed by atoms with Crippen LogP contribution in [0.4, 0.5) is 0 Å². The van der Waals surface area contributed by atoms with Gasteiger partial charge in [-0.25, -0.2) is 0 Å². The summed E-state index contributed by atoms with van der Waals surface area (Å²) in [7, 11) is -1.96. The van der Waals surface area contributed by atoms with Gasteiger partial charge in [0.25, 0.3) is 0 Å². The van der Waals surface area contributed by atoms with E-state index < -0.39 is 8.32 Å². The summed E-state index contributed by atoms with van der Waals surface area (Å²) in [6.07, 6.45) is 14.3. The van der Waals surface area contributed by atoms with E-state index >= 15 is 0 Å². The van der Waals surface area contributed by atoms with Crippen LogP contribution >= 0.6 is 0 Å². The molecule has 190 valence electrons. The Bertz CT molecular complexity index is 832. The molecule has 2 atom stereocenters. The molecule has 0 spiro atoms. The first-order valence-electron chi connectivity index (χ1n) is 13.0. The first kappa shape index (κ1) is 28.6. The van der Waals surface area contributed by atoms with Gasteiger partial charge in [0.05, 0.1) is 12.7 Å². The summed E-state index contributed by atoms with van der Waals surface area (Å²) in [4.78, 5) is 12.4. The molecule has 1 fully saturated rings. The zero-order valence-electron chi connectivity index (χ0n) is 22.9. The predicted molar refractivity (Wildman–Crippen MR) is 147 cm³/mol. The average molecular weight is 485 g/mol. The molecule has 0 heterocycles. The maximum absolute atomic E-state index is 12.4. The zero-order chi connectivity index (χ0) is 25.5. The number of ketones is 1. The van der Waals surface area contributed by atoms with Crippen LogP contribution in [0.2, 0.25) is 18.1 Å². The Hall–Kier alpha value is -1.65. The largest absolute Gasteiger partial charge is 0.494 e. The molecule has 1 saturated carbocycles. The van der Waals surface area contributed by atoms with Crippen molar-refractivity contribution in [3.63, 3.8) is 0 Å². The van der Waals surface area contributed by atoms with Crippen molar-refractivity contribution in [2.24, 2.45) is 10.8 Å². The maximum Gasteiger partial charge on any atom is 0.192 e. The number of hydrogen-bond acceptors (Lipinski definition) is 3. The van der Waals surface area contributed by atoms with Crippen molar-refractivity contribution >= 4 is 14.1 Å². The molecule has 0 N–H and O–H groups in total. The van der Waals surface area contributed by atoms with Gasteiger partial charge in [0.15, 0.2) is 8.32 Å². The highest BCUT2D eigenvalue weighted by atomic mass is 28.4. The molecule has 0 aromatic heterocycles. The Labute approximate surface area is 210 Å². The van der Waals surface area contributed by atoms with Crippen LogP contribution < -0.4 is 4.74 Å². The lowest BCUT2D eigenvalue weighted by Gasteiger charge is -2.43. The molecule has 34 heavy (non-hydrogen) atoms. The van der Waals surface area contributed by atoms with Gasteiger partial charge >= 0.3 is 0 Å². The molecule has 0 aliphatic heterocycles. The van der Waals surface area contributed by atoms with Crippen LogP contribution in [0.15, 0.2) is 54.6 Å². The second-order valence-corrected chi connectivity index (χ2v) is 17.1. The molecule has 1 aromatic carbocycles. The molecular formula is C30H48O3Si. The molecule has 1 aliphatic carbocycles. The summed E-state index contributed by atoms with van der Waals surface area (Å²) in [6, 6.07) is 10.0. The first-order chi connectivity index (χ1) is 15.8. The number of allylic oxidation sites excluding steroid dienone is 3. The summed E-state index contributed by atoms with van der Waals surface area (Å²) >= 11 is 0. The number of ether oxygens (including phenoxy) is 1. The topological polar surface area (TPSA) is 35.5 Å². The SMILES string of the molecule is CC(C)(CCCOc1ccccc1)[C@H](C=CC=C[C@]1(C)CCCCC1=O)O[Si](C)(C)C(C)(C)C. The van der Waals surface area contributed by atoms with Gasteiger partial charge in [0.2, 0.25) is 0 Å². The highest BCUT2D eigenvalue weighted by Gasteiger charge is 2.42. The Kier molecular flexibility index (Phi) is 9.97. The molecule has 1 aliphatic rings. The first-order valence-corrected chi connectivity index (χ1v) is 15.9. The molecule has 0 bridgehead atoms. The monoisotopic (exact) mass is 484 g/mol. The van der Waals surface area contributed by atoms with Crippen LogP contribution in [0.1, 0.15) is 80.1 Å². The second-order valence-electron chi connectivity index (χ2n) is 12.3. The third kappa shape index (κ3) is 8.23. The van der Waals surface area contributed by atoms with Crippen molar-refractivity contribution in [2.75, 3.05) is 6.61 Å². The number of para-hydroxylation sites is 1. The predicted octanol–water partition coefficient (Wildman–Crippen LogP) is 8.52. The molecule has 0 saturated heterocycles. The van der Waals surface area contributed by atoms with Crippen molar-refractivity contribution in [2.45, 2.75) is 104 Å². The smallest absolute Gasteiger partial charge is 0.192 e. The van der Waals surface area contributed by atoms with Gasteiger partial charge in [-0.1, -0.05) is 83.5 Å². The van der Waals surface area contributed by atoms with Crippen molar-refractivity contribution in [1.29, 1.82) is 0 Å². The fourth-order valence-corrected chi connectivity index (χ4v) is 5.53. The van der Waals surface area contributed by atoms with Crippen LogP contribution in [0.5, 0.6) is 5.75 Å². The standard InChI is InChI=1S/C30H48O3Si/c1-28(2,3)34(7,8)33-27(20-13-15-23-30(6)22-14-12-19-26(30)31)29(4,5)21-16-24-32-25-17-10-9-11-18-25/h9-11,13,15,17-18,20,23,27H,12,14,16,19,21-22,24H2,1-8H3/t27-,30-/m0/s1. The molecule has 0 amide bonds. The molecular weight excluding hydrogens is 436 g/mol. The summed E-state index contributed by atoms with van der Waals surface area (Å²) in [5.41, 5.74) is -0.354. The summed E-state index contributed by atoms with van der Waals surface area (Å²) in [5.74, 6) is 1.29. The Morgan fingerprint density at radius 2 is 1.74 bits per heavy atom. The number of benzene rings is 1. The minimum Gasteiger partial charge on any atom is -0.494 e. The van der Waals surface area contributed by atoms with E-state index in [0.717, 1.165) is 37.9 Å². The van der Waals surface area contributed by atoms with E-state index in [1.54, 1.807) is 0 Å². The van der Waals surface area contributed by atoms with Gasteiger partial charge < -0.3 is 9.16 Å². The van der Waals surface area contributed by atoms with Gasteiger partial charge in [-0.2, -0.15) is 0 Å². The van der Waals surface area contributed by atoms with Crippen molar-refractivity contribution in [3.8, 4) is 5.75 Å². The van der Waals surface area contributed by atoms with E-state index in [9.17, 15) is 4.79 Å². The van der Waals surface area contributed by atoms with Gasteiger partial charge in [0, 0.05) is 11.8 Å². The van der Waals surface area contributed by atoms with Crippen LogP contribution in [-0.4, -0.2) is 26.8 Å². The lowest BCUT2D eigenvalue weighted by Crippen LogP contribution is -2.47. The summed E-state index contributed by atoms with van der Waals surface area (Å²) < 4.78 is 12.9. The highest BCUT2D eigenvalue weighted by molar-refractivity contribution is 6.74. The molecule has 4 heteroatoms. The third-order valence-electron chi connectivity index (χ3n) is 7.82. The van der Waals surface area contributed by atoms with Crippen LogP contribution in [-0.2, 0) is 9.22 Å². The quantitative estimate of drug-likeness (QED) is 0.179. The van der Waals surface area contributed by atoms with E-state index in [1.165, 1.54) is 0 Å². The van der Waals surface area contributed by atoms with Crippen LogP contribution in [0.3, 0.4) is 0 Å². The summed E-state index contributed by atoms with van der Waals surface area (Å²) in [6.45, 7) is 18.9. The minimum atomic E-state index is -1.96. The van der Waals surface area contributed by atoms with Gasteiger partial charge in [-0.15, -0.1) is 0 Å². The van der Waals surface area contributed by atoms with E-state index in [1.807, 2.05) is 30.3 Å². The van der Waals surface area contributed by atoms with E-state index in [2.05, 4.69) is 78.9 Å². The molecule has 3 nitrogen and oxygen atoms in total. The fraction of sp³-hybridized carbons (Fsp3) is 0.633. The van der Waals surface area contributed by atoms with Crippen molar-refractivity contribution in [3.05, 3.63) is 54.6 Å². The number of Topliss-reactive ketones (excluding diaryl/α,β-unsaturated/α-hetero) is 1. The lowest BCUT2D eigenvalue weighted by atomic mass is 9.74. The lowest BCUT2D eigenvalue weighted by molar-refractivity contribution is -0.127. The minimum absolute atomic E-state index is 0.00429. The number of carbonyl (C=O) groups is 1. The van der Waals surface area contributed by atoms with Gasteiger partial charge in [-0.3, -0.25) is 4.79 Å². The van der Waals surface area contributed by atoms with Crippen molar-refractivity contribution < 1.29 is 14.0 Å². The zero-order valence-corrected chi connectivity index (χ0v) is 23.9. The Morgan fingerprint density at radius 1 is 1.06 bits per heavy atom. The average Bonchev–Trinajstić information content (AvgIpc) is 2.75. The van der Waals surface area contributed by atoms with Crippen LogP contribution in [0.25, 0.3) is 0 Å². The Morgan fingerprint density at radius 3 is 2.35 bits per heavy atom. The molecule has 0 unspecified atom stereocenters. The number of carbonyl (C=O) groups excluding carboxylic acids is 1. The maximum atomic E-state index is 12.4. The summed E-state index contributed by atoms with van der Waals surface area (Å²) in [5, 5.41) is 0.142. The Balaban J connectivity index is 2.09. The van der Waals surface area contributed by atoms with Crippen molar-refractivity contribution in [1.82, 2.24) is 0 Å². The van der Waals surface area contributed by atoms with Gasteiger partial charge in [-0.05, 0) is 68.3 Å². The molecule has 2 rings (SSSR count). The van der Waals surface area contributed by atoms with E-state index in [-0.39, 0.29) is 22.0 Å². The molecule has 1 aromatic rings. The van der Waals surface area contributed by atoms with Crippen LogP contribution in [0, 0.1) is 10.8 Å². The van der Waals surface area contributed by atoms with Gasteiger partial charge in [0.1, 0.15) is 11.5 Å². The third-order valence-corrected chi connectivity index (χ3v) is 12.3. The molecule has 0 radical (unpaired) electrons. The van der Waals surface area contributed by atoms with E-state index in [4.69, 9.17) is 9.16 Å². The van der Waals surface area contributed by atoms with E-state index in [0.29, 0.717) is 18.8 Å². The normalized spacial score (nSPS) is 21.4. The number of hydrogen-bond donors (Lipinski definition) is 0. The second kappa shape index (κ2) is 11.9.